The van der Waals surface area contributed by atoms with Crippen molar-refractivity contribution in [1.82, 2.24) is 15.1 Å². The molecule has 0 bridgehead atoms. The van der Waals surface area contributed by atoms with Gasteiger partial charge in [0.25, 0.3) is 0 Å². The highest BCUT2D eigenvalue weighted by atomic mass is 127. The van der Waals surface area contributed by atoms with Gasteiger partial charge in [-0.3, -0.25) is 9.89 Å². The van der Waals surface area contributed by atoms with Crippen LogP contribution < -0.4 is 5.32 Å². The number of nitrogens with one attached hydrogen (secondary N) is 1. The lowest BCUT2D eigenvalue weighted by Gasteiger charge is -2.29. The fourth-order valence-electron chi connectivity index (χ4n) is 3.61. The summed E-state index contributed by atoms with van der Waals surface area (Å²) in [5, 5.41) is 3.56. The van der Waals surface area contributed by atoms with Gasteiger partial charge in [-0.2, -0.15) is 0 Å². The molecule has 2 aliphatic rings. The van der Waals surface area contributed by atoms with Gasteiger partial charge in [-0.25, -0.2) is 0 Å². The van der Waals surface area contributed by atoms with Gasteiger partial charge < -0.3 is 19.4 Å². The summed E-state index contributed by atoms with van der Waals surface area (Å²) in [5.41, 5.74) is 0. The summed E-state index contributed by atoms with van der Waals surface area (Å²) in [6.45, 7) is 13.5. The Morgan fingerprint density at radius 2 is 2.11 bits per heavy atom. The molecule has 1 unspecified atom stereocenters. The first kappa shape index (κ1) is 22.5. The van der Waals surface area contributed by atoms with Gasteiger partial charge in [0.05, 0.1) is 19.5 Å². The van der Waals surface area contributed by atoms with E-state index in [1.165, 1.54) is 13.0 Å². The van der Waals surface area contributed by atoms with Crippen LogP contribution in [-0.4, -0.2) is 74.8 Å². The predicted octanol–water partition coefficient (Wildman–Crippen LogP) is 2.70. The number of ether oxygens (including phenoxy) is 1. The zero-order valence-electron chi connectivity index (χ0n) is 16.7. The van der Waals surface area contributed by atoms with Gasteiger partial charge >= 0.3 is 0 Å². The topological polar surface area (TPSA) is 53.2 Å². The molecule has 0 spiro atoms. The second-order valence-electron chi connectivity index (χ2n) is 7.83. The lowest BCUT2D eigenvalue weighted by molar-refractivity contribution is 0.0315. The van der Waals surface area contributed by atoms with Gasteiger partial charge in [0, 0.05) is 52.2 Å². The van der Waals surface area contributed by atoms with Gasteiger partial charge in [-0.05, 0) is 30.4 Å². The first-order valence-corrected chi connectivity index (χ1v) is 10.1. The maximum Gasteiger partial charge on any atom is 0.193 e. The van der Waals surface area contributed by atoms with Crippen molar-refractivity contribution < 1.29 is 9.15 Å². The highest BCUT2D eigenvalue weighted by Crippen LogP contribution is 2.18. The second-order valence-corrected chi connectivity index (χ2v) is 7.83. The van der Waals surface area contributed by atoms with Crippen LogP contribution in [0.2, 0.25) is 0 Å². The summed E-state index contributed by atoms with van der Waals surface area (Å²) in [7, 11) is 0. The third-order valence-corrected chi connectivity index (χ3v) is 5.05. The lowest BCUT2D eigenvalue weighted by Crippen LogP contribution is -2.43. The van der Waals surface area contributed by atoms with Gasteiger partial charge in [0.15, 0.2) is 5.96 Å². The third kappa shape index (κ3) is 7.62. The number of rotatable bonds is 7. The number of halogens is 1. The van der Waals surface area contributed by atoms with Gasteiger partial charge in [0.2, 0.25) is 0 Å². The Morgan fingerprint density at radius 3 is 2.81 bits per heavy atom. The van der Waals surface area contributed by atoms with Crippen molar-refractivity contribution in [1.29, 1.82) is 0 Å². The number of guanidine groups is 1. The largest absolute Gasteiger partial charge is 0.469 e. The molecule has 154 valence electrons. The number of likely N-dealkylation sites (tertiary alicyclic amines) is 1. The van der Waals surface area contributed by atoms with E-state index in [1.54, 1.807) is 6.26 Å². The van der Waals surface area contributed by atoms with Crippen LogP contribution in [0.1, 0.15) is 26.0 Å². The van der Waals surface area contributed by atoms with E-state index < -0.39 is 0 Å². The van der Waals surface area contributed by atoms with E-state index in [-0.39, 0.29) is 24.0 Å². The normalized spacial score (nSPS) is 21.5. The molecule has 1 atom stereocenters. The molecule has 1 N–H and O–H groups in total. The minimum atomic E-state index is 0. The summed E-state index contributed by atoms with van der Waals surface area (Å²) in [4.78, 5) is 9.86. The molecule has 2 saturated heterocycles. The molecule has 3 heterocycles. The highest BCUT2D eigenvalue weighted by Gasteiger charge is 2.27. The number of furan rings is 1. The van der Waals surface area contributed by atoms with E-state index in [2.05, 4.69) is 29.0 Å². The monoisotopic (exact) mass is 490 g/mol. The van der Waals surface area contributed by atoms with Crippen molar-refractivity contribution in [2.45, 2.75) is 26.7 Å². The molecule has 1 aromatic heterocycles. The Morgan fingerprint density at radius 1 is 1.30 bits per heavy atom. The predicted molar refractivity (Wildman–Crippen MR) is 120 cm³/mol. The Kier molecular flexibility index (Phi) is 9.92. The lowest BCUT2D eigenvalue weighted by atomic mass is 10.1. The fraction of sp³-hybridized carbons (Fsp3) is 0.750. The smallest absolute Gasteiger partial charge is 0.193 e. The number of hydrogen-bond acceptors (Lipinski definition) is 4. The van der Waals surface area contributed by atoms with Crippen molar-refractivity contribution in [2.75, 3.05) is 59.0 Å². The Hall–Kier alpha value is -0.800. The molecular formula is C20H35IN4O2. The van der Waals surface area contributed by atoms with Crippen LogP contribution >= 0.6 is 24.0 Å². The molecular weight excluding hydrogens is 455 g/mol. The van der Waals surface area contributed by atoms with E-state index in [1.807, 2.05) is 12.1 Å². The zero-order valence-corrected chi connectivity index (χ0v) is 19.1. The van der Waals surface area contributed by atoms with Crippen LogP contribution in [0, 0.1) is 11.8 Å². The molecule has 0 radical (unpaired) electrons. The minimum Gasteiger partial charge on any atom is -0.469 e. The van der Waals surface area contributed by atoms with E-state index in [0.29, 0.717) is 5.92 Å². The van der Waals surface area contributed by atoms with Crippen LogP contribution in [0.4, 0.5) is 0 Å². The average Bonchev–Trinajstić information content (AvgIpc) is 3.31. The second kappa shape index (κ2) is 11.9. The summed E-state index contributed by atoms with van der Waals surface area (Å²) >= 11 is 0. The van der Waals surface area contributed by atoms with Crippen LogP contribution in [0.15, 0.2) is 27.8 Å². The quantitative estimate of drug-likeness (QED) is 0.362. The average molecular weight is 490 g/mol. The van der Waals surface area contributed by atoms with Gasteiger partial charge in [-0.1, -0.05) is 13.8 Å². The molecule has 7 heteroatoms. The van der Waals surface area contributed by atoms with Crippen molar-refractivity contribution in [2.24, 2.45) is 16.8 Å². The van der Waals surface area contributed by atoms with E-state index >= 15 is 0 Å². The fourth-order valence-corrected chi connectivity index (χ4v) is 3.61. The standard InChI is InChI=1S/C20H34N4O2.HI/c1-17(2)14-22-20(21-7-5-19-4-3-11-26-19)24-8-6-18(16-24)15-23-9-12-25-13-10-23;/h3-4,11,17-18H,5-10,12-16H2,1-2H3,(H,21,22);1H. The van der Waals surface area contributed by atoms with Crippen molar-refractivity contribution >= 4 is 29.9 Å². The third-order valence-electron chi connectivity index (χ3n) is 5.05. The number of nitrogens with zero attached hydrogens (tertiary/aromatic N) is 3. The van der Waals surface area contributed by atoms with Crippen LogP contribution in [0.25, 0.3) is 0 Å². The molecule has 2 aliphatic heterocycles. The first-order valence-electron chi connectivity index (χ1n) is 10.1. The molecule has 3 rings (SSSR count). The molecule has 0 aliphatic carbocycles. The first-order chi connectivity index (χ1) is 12.7. The zero-order chi connectivity index (χ0) is 18.2. The molecule has 0 aromatic carbocycles. The number of morpholine rings is 1. The van der Waals surface area contributed by atoms with Crippen molar-refractivity contribution in [3.8, 4) is 0 Å². The van der Waals surface area contributed by atoms with Crippen molar-refractivity contribution in [3.63, 3.8) is 0 Å². The number of aliphatic imine (C=N–C) groups is 1. The molecule has 27 heavy (non-hydrogen) atoms. The summed E-state index contributed by atoms with van der Waals surface area (Å²) < 4.78 is 10.9. The summed E-state index contributed by atoms with van der Waals surface area (Å²) in [5.74, 6) is 3.38. The maximum atomic E-state index is 5.46. The molecule has 6 nitrogen and oxygen atoms in total. The molecule has 1 aromatic rings. The SMILES string of the molecule is CC(C)CN=C(NCCc1ccco1)N1CCC(CN2CCOCC2)C1.I. The van der Waals surface area contributed by atoms with Crippen molar-refractivity contribution in [3.05, 3.63) is 24.2 Å². The Bertz CT molecular complexity index is 544. The van der Waals surface area contributed by atoms with Crippen LogP contribution in [0.5, 0.6) is 0 Å². The van der Waals surface area contributed by atoms with Gasteiger partial charge in [-0.15, -0.1) is 24.0 Å². The highest BCUT2D eigenvalue weighted by molar-refractivity contribution is 14.0. The van der Waals surface area contributed by atoms with E-state index in [0.717, 1.165) is 76.5 Å². The van der Waals surface area contributed by atoms with Crippen LogP contribution in [-0.2, 0) is 11.2 Å². The Labute approximate surface area is 180 Å². The maximum absolute atomic E-state index is 5.46. The minimum absolute atomic E-state index is 0. The van der Waals surface area contributed by atoms with E-state index in [4.69, 9.17) is 14.1 Å². The Balaban J connectivity index is 0.00000261. The van der Waals surface area contributed by atoms with E-state index in [9.17, 15) is 0 Å². The summed E-state index contributed by atoms with van der Waals surface area (Å²) in [6, 6.07) is 3.97. The molecule has 2 fully saturated rings. The number of hydrogen-bond donors (Lipinski definition) is 1. The molecule has 0 amide bonds. The van der Waals surface area contributed by atoms with Gasteiger partial charge in [0.1, 0.15) is 5.76 Å². The molecule has 0 saturated carbocycles. The van der Waals surface area contributed by atoms with Crippen LogP contribution in [0.3, 0.4) is 0 Å². The summed E-state index contributed by atoms with van der Waals surface area (Å²) in [6.07, 6.45) is 3.87.